The second-order valence-electron chi connectivity index (χ2n) is 11.6. The van der Waals surface area contributed by atoms with Crippen LogP contribution in [-0.2, 0) is 16.0 Å². The lowest BCUT2D eigenvalue weighted by Crippen LogP contribution is -2.57. The first-order valence-corrected chi connectivity index (χ1v) is 14.7. The molecule has 0 radical (unpaired) electrons. The van der Waals surface area contributed by atoms with Crippen molar-refractivity contribution in [2.24, 2.45) is 5.41 Å². The van der Waals surface area contributed by atoms with E-state index < -0.39 is 31.1 Å². The highest BCUT2D eigenvalue weighted by molar-refractivity contribution is 7.73. The van der Waals surface area contributed by atoms with Crippen molar-refractivity contribution < 1.29 is 14.3 Å². The van der Waals surface area contributed by atoms with Crippen LogP contribution in [0.25, 0.3) is 0 Å². The number of nitrogens with one attached hydrogen (secondary N) is 2. The molecule has 0 fully saturated rings. The molecule has 3 rings (SSSR count). The Kier molecular flexibility index (Phi) is 10.1. The van der Waals surface area contributed by atoms with Crippen molar-refractivity contribution in [2.45, 2.75) is 65.6 Å². The van der Waals surface area contributed by atoms with E-state index in [1.165, 1.54) is 10.6 Å². The van der Waals surface area contributed by atoms with Gasteiger partial charge in [-0.05, 0) is 62.9 Å². The van der Waals surface area contributed by atoms with E-state index >= 15 is 0 Å². The van der Waals surface area contributed by atoms with Crippen LogP contribution in [0.2, 0.25) is 0 Å². The Morgan fingerprint density at radius 1 is 0.737 bits per heavy atom. The normalized spacial score (nSPS) is 13.4. The van der Waals surface area contributed by atoms with Gasteiger partial charge in [-0.3, -0.25) is 4.79 Å². The molecule has 3 aromatic rings. The number of ether oxygens (including phenoxy) is 1. The molecular weight excluding hydrogens is 491 g/mol. The molecule has 6 heteroatoms. The molecule has 0 heterocycles. The summed E-state index contributed by atoms with van der Waals surface area (Å²) in [6.45, 7) is 11.3. The summed E-state index contributed by atoms with van der Waals surface area (Å²) >= 11 is 0. The average Bonchev–Trinajstić information content (AvgIpc) is 2.85. The topological polar surface area (TPSA) is 67.4 Å². The second-order valence-corrected chi connectivity index (χ2v) is 13.9. The second kappa shape index (κ2) is 13.1. The van der Waals surface area contributed by atoms with Crippen LogP contribution < -0.4 is 21.2 Å². The third-order valence-electron chi connectivity index (χ3n) is 6.00. The molecule has 0 aliphatic heterocycles. The first-order chi connectivity index (χ1) is 17.9. The van der Waals surface area contributed by atoms with E-state index in [9.17, 15) is 9.59 Å². The van der Waals surface area contributed by atoms with E-state index in [1.807, 2.05) is 71.9 Å². The van der Waals surface area contributed by atoms with Gasteiger partial charge in [-0.1, -0.05) is 112 Å². The maximum Gasteiger partial charge on any atom is 0.408 e. The summed E-state index contributed by atoms with van der Waals surface area (Å²) in [4.78, 5) is 26.4. The minimum absolute atomic E-state index is 0.137. The lowest BCUT2D eigenvalue weighted by atomic mass is 9.86. The number of hydrogen-bond donors (Lipinski definition) is 2. The third-order valence-corrected chi connectivity index (χ3v) is 8.65. The van der Waals surface area contributed by atoms with E-state index in [1.54, 1.807) is 0 Å². The van der Waals surface area contributed by atoms with Crippen LogP contribution in [0, 0.1) is 5.41 Å². The van der Waals surface area contributed by atoms with Gasteiger partial charge in [-0.25, -0.2) is 4.79 Å². The summed E-state index contributed by atoms with van der Waals surface area (Å²) in [7, 11) is -0.726. The Hall–Kier alpha value is -3.17. The van der Waals surface area contributed by atoms with Crippen molar-refractivity contribution in [3.63, 3.8) is 0 Å². The molecule has 0 aromatic heterocycles. The van der Waals surface area contributed by atoms with Crippen molar-refractivity contribution in [1.82, 2.24) is 10.6 Å². The predicted octanol–water partition coefficient (Wildman–Crippen LogP) is 5.79. The molecule has 0 aliphatic carbocycles. The number of carbonyl (C=O) groups excluding carboxylic acids is 2. The first kappa shape index (κ1) is 29.4. The predicted molar refractivity (Wildman–Crippen MR) is 159 cm³/mol. The van der Waals surface area contributed by atoms with Gasteiger partial charge in [0.05, 0.1) is 0 Å². The van der Waals surface area contributed by atoms with Crippen LogP contribution >= 0.6 is 7.92 Å². The van der Waals surface area contributed by atoms with Crippen molar-refractivity contribution in [1.29, 1.82) is 0 Å². The number of amides is 2. The van der Waals surface area contributed by atoms with Crippen LogP contribution in [0.5, 0.6) is 0 Å². The molecule has 2 amide bonds. The van der Waals surface area contributed by atoms with Gasteiger partial charge < -0.3 is 15.4 Å². The fourth-order valence-corrected chi connectivity index (χ4v) is 6.69. The van der Waals surface area contributed by atoms with Gasteiger partial charge in [0.2, 0.25) is 5.91 Å². The maximum absolute atomic E-state index is 13.8. The number of alkyl carbamates (subject to hydrolysis) is 1. The highest BCUT2D eigenvalue weighted by Gasteiger charge is 2.35. The summed E-state index contributed by atoms with van der Waals surface area (Å²) in [5.74, 6) is -0.208. The molecule has 0 aliphatic rings. The molecule has 3 aromatic carbocycles. The van der Waals surface area contributed by atoms with E-state index in [2.05, 4.69) is 71.3 Å². The Balaban J connectivity index is 1.90. The lowest BCUT2D eigenvalue weighted by molar-refractivity contribution is -0.126. The summed E-state index contributed by atoms with van der Waals surface area (Å²) in [6, 6.07) is 30.3. The molecule has 202 valence electrons. The smallest absolute Gasteiger partial charge is 0.408 e. The van der Waals surface area contributed by atoms with Gasteiger partial charge in [0.25, 0.3) is 0 Å². The summed E-state index contributed by atoms with van der Waals surface area (Å²) in [5.41, 5.74) is -0.0108. The molecule has 38 heavy (non-hydrogen) atoms. The van der Waals surface area contributed by atoms with Gasteiger partial charge >= 0.3 is 6.09 Å². The fraction of sp³-hybridized carbons (Fsp3) is 0.375. The average molecular weight is 533 g/mol. The van der Waals surface area contributed by atoms with Gasteiger partial charge in [-0.2, -0.15) is 0 Å². The quantitative estimate of drug-likeness (QED) is 0.343. The molecule has 5 nitrogen and oxygen atoms in total. The zero-order valence-electron chi connectivity index (χ0n) is 23.4. The fourth-order valence-electron chi connectivity index (χ4n) is 4.24. The van der Waals surface area contributed by atoms with E-state index in [-0.39, 0.29) is 11.9 Å². The maximum atomic E-state index is 13.8. The van der Waals surface area contributed by atoms with Crippen molar-refractivity contribution in [3.8, 4) is 0 Å². The molecule has 2 atom stereocenters. The van der Waals surface area contributed by atoms with E-state index in [0.717, 1.165) is 11.7 Å². The minimum Gasteiger partial charge on any atom is -0.444 e. The Morgan fingerprint density at radius 3 is 1.66 bits per heavy atom. The SMILES string of the molecule is CC(C)(C)OC(=O)N[C@H](C(=O)N[C@@H](Cc1ccccc1)CP(c1ccccc1)c1ccccc1)C(C)(C)C. The highest BCUT2D eigenvalue weighted by Crippen LogP contribution is 2.35. The van der Waals surface area contributed by atoms with Crippen LogP contribution in [0.1, 0.15) is 47.1 Å². The van der Waals surface area contributed by atoms with Crippen molar-refractivity contribution in [3.05, 3.63) is 96.6 Å². The standard InChI is InChI=1S/C32H41N2O3P/c1-31(2,3)28(34-30(36)37-32(4,5)6)29(35)33-25(22-24-16-10-7-11-17-24)23-38(26-18-12-8-13-19-26)27-20-14-9-15-21-27/h7-21,25,28H,22-23H2,1-6H3,(H,33,35)(H,34,36)/t25-,28+/m0/s1. The van der Waals surface area contributed by atoms with E-state index in [4.69, 9.17) is 4.74 Å². The molecule has 0 saturated heterocycles. The Labute approximate surface area is 229 Å². The first-order valence-electron chi connectivity index (χ1n) is 13.1. The number of carbonyl (C=O) groups is 2. The van der Waals surface area contributed by atoms with Crippen LogP contribution in [-0.4, -0.2) is 35.8 Å². The number of rotatable bonds is 9. The van der Waals surface area contributed by atoms with Crippen molar-refractivity contribution in [2.75, 3.05) is 6.16 Å². The Morgan fingerprint density at radius 2 is 1.21 bits per heavy atom. The van der Waals surface area contributed by atoms with Crippen LogP contribution in [0.3, 0.4) is 0 Å². The molecule has 2 N–H and O–H groups in total. The lowest BCUT2D eigenvalue weighted by Gasteiger charge is -2.33. The van der Waals surface area contributed by atoms with Gasteiger partial charge in [0.1, 0.15) is 11.6 Å². The third kappa shape index (κ3) is 9.29. The summed E-state index contributed by atoms with van der Waals surface area (Å²) in [6.07, 6.45) is 0.866. The van der Waals surface area contributed by atoms with Crippen LogP contribution in [0.15, 0.2) is 91.0 Å². The van der Waals surface area contributed by atoms with E-state index in [0.29, 0.717) is 6.42 Å². The molecule has 0 spiro atoms. The number of benzene rings is 3. The minimum atomic E-state index is -0.754. The zero-order valence-corrected chi connectivity index (χ0v) is 24.3. The highest BCUT2D eigenvalue weighted by atomic mass is 31.1. The van der Waals surface area contributed by atoms with Gasteiger partial charge in [0, 0.05) is 6.04 Å². The zero-order chi connectivity index (χ0) is 27.8. The molecule has 0 saturated carbocycles. The van der Waals surface area contributed by atoms with Crippen molar-refractivity contribution >= 4 is 30.5 Å². The monoisotopic (exact) mass is 532 g/mol. The summed E-state index contributed by atoms with van der Waals surface area (Å²) < 4.78 is 5.47. The molecular formula is C32H41N2O3P. The number of hydrogen-bond acceptors (Lipinski definition) is 3. The molecule has 0 unspecified atom stereocenters. The Bertz CT molecular complexity index is 1120. The largest absolute Gasteiger partial charge is 0.444 e. The van der Waals surface area contributed by atoms with Crippen LogP contribution in [0.4, 0.5) is 4.79 Å². The van der Waals surface area contributed by atoms with Gasteiger partial charge in [-0.15, -0.1) is 0 Å². The molecule has 0 bridgehead atoms. The van der Waals surface area contributed by atoms with Gasteiger partial charge in [0.15, 0.2) is 0 Å². The summed E-state index contributed by atoms with van der Waals surface area (Å²) in [5, 5.41) is 8.68.